The quantitative estimate of drug-likeness (QED) is 0.130. The number of nitrogens with zero attached hydrogens (tertiary/aromatic N) is 5. The van der Waals surface area contributed by atoms with Crippen LogP contribution in [0.1, 0.15) is 148 Å². The van der Waals surface area contributed by atoms with Gasteiger partial charge in [-0.2, -0.15) is 0 Å². The second-order valence-corrected chi connectivity index (χ2v) is 22.8. The molecule has 3 fully saturated rings. The van der Waals surface area contributed by atoms with E-state index in [0.29, 0.717) is 67.4 Å². The number of anilines is 6. The Hall–Kier alpha value is -6.44. The Morgan fingerprint density at radius 1 is 0.770 bits per heavy atom. The Labute approximate surface area is 436 Å². The van der Waals surface area contributed by atoms with E-state index in [1.807, 2.05) is 52.1 Å². The van der Waals surface area contributed by atoms with E-state index >= 15 is 0 Å². The Bertz CT molecular complexity index is 2780. The number of amides is 3. The number of Topliss-reactive ketones (excluding diaryl/α,β-unsaturated/α-hetero) is 2. The molecule has 3 atom stereocenters. The molecule has 0 saturated carbocycles. The van der Waals surface area contributed by atoms with Gasteiger partial charge in [0.2, 0.25) is 17.7 Å². The summed E-state index contributed by atoms with van der Waals surface area (Å²) in [7, 11) is 0. The molecule has 10 rings (SSSR count). The molecule has 14 nitrogen and oxygen atoms in total. The van der Waals surface area contributed by atoms with Crippen LogP contribution in [-0.4, -0.2) is 85.9 Å². The SMILES string of the molecule is CCc1cc2c(cc1Nc1ccc(N3CCC(CCC4CCCN(c5ccc6c(c5)C(=O)C(CCC5CCC(=O)NC5=O)CC6=O)CC4)CC3)cc1)CN(c1cnc3c(c1C)N(C(=O)OC(C)(C)C)CCO3)CC2. The number of imide groups is 1. The van der Waals surface area contributed by atoms with Crippen molar-refractivity contribution in [3.05, 3.63) is 94.2 Å². The predicted octanol–water partition coefficient (Wildman–Crippen LogP) is 10.9. The van der Waals surface area contributed by atoms with Crippen LogP contribution in [0.5, 0.6) is 5.88 Å². The zero-order chi connectivity index (χ0) is 51.7. The molecular weight excluding hydrogens is 931 g/mol. The molecule has 3 saturated heterocycles. The summed E-state index contributed by atoms with van der Waals surface area (Å²) in [6.07, 6.45) is 13.7. The van der Waals surface area contributed by atoms with Crippen LogP contribution in [-0.2, 0) is 33.7 Å². The van der Waals surface area contributed by atoms with Crippen molar-refractivity contribution in [1.82, 2.24) is 10.3 Å². The summed E-state index contributed by atoms with van der Waals surface area (Å²) in [6.45, 7) is 16.3. The lowest BCUT2D eigenvalue weighted by atomic mass is 9.78. The minimum absolute atomic E-state index is 0.00125. The lowest BCUT2D eigenvalue weighted by Crippen LogP contribution is -2.42. The number of piperidine rings is 2. The van der Waals surface area contributed by atoms with E-state index in [1.165, 1.54) is 54.5 Å². The Morgan fingerprint density at radius 3 is 2.22 bits per heavy atom. The van der Waals surface area contributed by atoms with Gasteiger partial charge in [0.1, 0.15) is 17.9 Å². The van der Waals surface area contributed by atoms with Gasteiger partial charge in [-0.15, -0.1) is 0 Å². The molecule has 3 aromatic carbocycles. The number of nitrogens with one attached hydrogen (secondary N) is 2. The van der Waals surface area contributed by atoms with Gasteiger partial charge in [0.25, 0.3) is 0 Å². The number of hydrogen-bond acceptors (Lipinski definition) is 12. The van der Waals surface area contributed by atoms with E-state index in [0.717, 1.165) is 99.2 Å². The maximum Gasteiger partial charge on any atom is 0.415 e. The van der Waals surface area contributed by atoms with E-state index in [1.54, 1.807) is 4.90 Å². The molecule has 6 heterocycles. The van der Waals surface area contributed by atoms with E-state index in [-0.39, 0.29) is 41.8 Å². The largest absolute Gasteiger partial charge is 0.474 e. The first kappa shape index (κ1) is 51.1. The summed E-state index contributed by atoms with van der Waals surface area (Å²) in [6, 6.07) is 19.5. The number of ketones is 2. The topological polar surface area (TPSA) is 154 Å². The molecule has 6 aliphatic rings. The van der Waals surface area contributed by atoms with Crippen molar-refractivity contribution < 1.29 is 33.4 Å². The molecule has 14 heteroatoms. The number of hydrogen-bond donors (Lipinski definition) is 2. The second kappa shape index (κ2) is 21.8. The number of pyridine rings is 1. The van der Waals surface area contributed by atoms with E-state index in [9.17, 15) is 24.0 Å². The lowest BCUT2D eigenvalue weighted by molar-refractivity contribution is -0.136. The monoisotopic (exact) mass is 1010 g/mol. The summed E-state index contributed by atoms with van der Waals surface area (Å²) in [5.74, 6) is 0.679. The third kappa shape index (κ3) is 11.3. The Kier molecular flexibility index (Phi) is 15.0. The van der Waals surface area contributed by atoms with Crippen molar-refractivity contribution in [2.45, 2.75) is 137 Å². The van der Waals surface area contributed by atoms with Gasteiger partial charge in [0.05, 0.1) is 18.4 Å². The standard InChI is InChI=1S/C60H75N7O7/c1-6-41-32-43-24-29-66(52-36-61-58-55(38(52)2)67(30-31-73-58)59(72)74-60(3,4)5)37-45(43)33-51(41)62-46-14-16-47(17-15-46)65-27-22-40(23-28-65)10-9-39-8-7-25-64(26-21-39)48-18-19-49-50(35-48)56(70)44(34-53(49)68)12-11-42-13-20-54(69)63-57(42)71/h14-19,32-33,35-36,39-40,42,44,62H,6-13,20-31,34,37H2,1-5H3,(H,63,69,71). The summed E-state index contributed by atoms with van der Waals surface area (Å²) in [5, 5.41) is 6.20. The number of aromatic nitrogens is 1. The molecule has 74 heavy (non-hydrogen) atoms. The third-order valence-corrected chi connectivity index (χ3v) is 16.8. The highest BCUT2D eigenvalue weighted by atomic mass is 16.6. The van der Waals surface area contributed by atoms with Crippen LogP contribution in [0.2, 0.25) is 0 Å². The molecule has 3 amide bonds. The normalized spacial score (nSPS) is 21.6. The molecule has 4 aromatic rings. The molecule has 0 bridgehead atoms. The van der Waals surface area contributed by atoms with Crippen molar-refractivity contribution in [3.63, 3.8) is 0 Å². The summed E-state index contributed by atoms with van der Waals surface area (Å²) < 4.78 is 11.7. The summed E-state index contributed by atoms with van der Waals surface area (Å²) in [4.78, 5) is 77.9. The van der Waals surface area contributed by atoms with Crippen molar-refractivity contribution in [2.24, 2.45) is 23.7 Å². The molecule has 0 spiro atoms. The first-order valence-electron chi connectivity index (χ1n) is 27.6. The van der Waals surface area contributed by atoms with Gasteiger partial charge in [-0.25, -0.2) is 9.78 Å². The number of ether oxygens (including phenoxy) is 2. The first-order chi connectivity index (χ1) is 35.7. The molecule has 1 aromatic heterocycles. The van der Waals surface area contributed by atoms with Crippen LogP contribution < -0.4 is 35.0 Å². The summed E-state index contributed by atoms with van der Waals surface area (Å²) in [5.41, 5.74) is 11.6. The zero-order valence-electron chi connectivity index (χ0n) is 44.2. The smallest absolute Gasteiger partial charge is 0.415 e. The lowest BCUT2D eigenvalue weighted by Gasteiger charge is -2.36. The van der Waals surface area contributed by atoms with Crippen molar-refractivity contribution >= 4 is 63.6 Å². The molecule has 0 radical (unpaired) electrons. The van der Waals surface area contributed by atoms with Crippen molar-refractivity contribution in [2.75, 3.05) is 70.8 Å². The average molecular weight is 1010 g/mol. The van der Waals surface area contributed by atoms with Crippen LogP contribution in [0.4, 0.5) is 38.9 Å². The molecule has 2 N–H and O–H groups in total. The zero-order valence-corrected chi connectivity index (χ0v) is 44.2. The predicted molar refractivity (Wildman–Crippen MR) is 290 cm³/mol. The molecule has 392 valence electrons. The molecule has 3 unspecified atom stereocenters. The fourth-order valence-corrected chi connectivity index (χ4v) is 12.5. The van der Waals surface area contributed by atoms with Crippen LogP contribution >= 0.6 is 0 Å². The van der Waals surface area contributed by atoms with Gasteiger partial charge in [0.15, 0.2) is 11.6 Å². The van der Waals surface area contributed by atoms with E-state index in [2.05, 4.69) is 68.7 Å². The summed E-state index contributed by atoms with van der Waals surface area (Å²) >= 11 is 0. The van der Waals surface area contributed by atoms with Gasteiger partial charge in [-0.05, 0) is 169 Å². The Morgan fingerprint density at radius 2 is 1.49 bits per heavy atom. The maximum absolute atomic E-state index is 13.8. The number of carbonyl (C=O) groups excluding carboxylic acids is 5. The van der Waals surface area contributed by atoms with Crippen LogP contribution in [0, 0.1) is 30.6 Å². The first-order valence-corrected chi connectivity index (χ1v) is 27.6. The Balaban J connectivity index is 0.696. The van der Waals surface area contributed by atoms with Gasteiger partial charge in [-0.3, -0.25) is 29.4 Å². The molecule has 1 aliphatic carbocycles. The number of rotatable bonds is 12. The maximum atomic E-state index is 13.8. The van der Waals surface area contributed by atoms with Crippen LogP contribution in [0.3, 0.4) is 0 Å². The number of fused-ring (bicyclic) bond motifs is 3. The van der Waals surface area contributed by atoms with Crippen molar-refractivity contribution in [1.29, 1.82) is 0 Å². The number of aryl methyl sites for hydroxylation is 1. The highest BCUT2D eigenvalue weighted by Crippen LogP contribution is 2.41. The van der Waals surface area contributed by atoms with Gasteiger partial charge < -0.3 is 29.5 Å². The fraction of sp³-hybridized carbons (Fsp3) is 0.533. The third-order valence-electron chi connectivity index (χ3n) is 16.8. The van der Waals surface area contributed by atoms with Crippen LogP contribution in [0.15, 0.2) is 60.8 Å². The van der Waals surface area contributed by atoms with E-state index in [4.69, 9.17) is 14.5 Å². The second-order valence-electron chi connectivity index (χ2n) is 22.8. The fourth-order valence-electron chi connectivity index (χ4n) is 12.5. The number of benzene rings is 3. The number of carbonyl (C=O) groups is 5. The average Bonchev–Trinajstić information content (AvgIpc) is 3.65. The minimum Gasteiger partial charge on any atom is -0.474 e. The highest BCUT2D eigenvalue weighted by molar-refractivity contribution is 6.15. The van der Waals surface area contributed by atoms with Gasteiger partial charge in [0, 0.05) is 103 Å². The van der Waals surface area contributed by atoms with E-state index < -0.39 is 11.5 Å². The molecule has 5 aliphatic heterocycles. The highest BCUT2D eigenvalue weighted by Gasteiger charge is 2.36. The van der Waals surface area contributed by atoms with Crippen LogP contribution in [0.25, 0.3) is 0 Å². The van der Waals surface area contributed by atoms with Crippen molar-refractivity contribution in [3.8, 4) is 5.88 Å². The van der Waals surface area contributed by atoms with Gasteiger partial charge >= 0.3 is 6.09 Å². The molecular formula is C60H75N7O7. The van der Waals surface area contributed by atoms with Gasteiger partial charge in [-0.1, -0.05) is 25.8 Å². The minimum atomic E-state index is -0.610.